The molecule has 0 atom stereocenters. The molecule has 0 N–H and O–H groups in total. The maximum absolute atomic E-state index is 11.4. The molecule has 0 spiro atoms. The van der Waals surface area contributed by atoms with Crippen molar-refractivity contribution in [2.75, 3.05) is 33.0 Å². The standard InChI is InChI=1S/C16H18N4O4S/c1-11(21)19-6-4-18(5-7-19)9-20-16(25)24-15(17-20)12-2-3-13-14(8-12)23-10-22-13/h2-3,8H,4-7,9-10H2,1H3. The van der Waals surface area contributed by atoms with Crippen molar-refractivity contribution in [3.05, 3.63) is 23.0 Å². The van der Waals surface area contributed by atoms with Gasteiger partial charge in [-0.2, -0.15) is 0 Å². The molecule has 1 amide bonds. The van der Waals surface area contributed by atoms with Gasteiger partial charge in [0.25, 0.3) is 4.84 Å². The number of hydrogen-bond donors (Lipinski definition) is 0. The van der Waals surface area contributed by atoms with Crippen molar-refractivity contribution in [1.82, 2.24) is 19.6 Å². The Kier molecular flexibility index (Phi) is 4.18. The number of amides is 1. The molecular weight excluding hydrogens is 344 g/mol. The van der Waals surface area contributed by atoms with Crippen molar-refractivity contribution in [2.45, 2.75) is 13.6 Å². The van der Waals surface area contributed by atoms with Crippen molar-refractivity contribution in [1.29, 1.82) is 0 Å². The third-order valence-electron chi connectivity index (χ3n) is 4.38. The van der Waals surface area contributed by atoms with Gasteiger partial charge in [0.05, 0.1) is 6.67 Å². The number of carbonyl (C=O) groups excluding carboxylic acids is 1. The lowest BCUT2D eigenvalue weighted by atomic mass is 10.2. The molecule has 0 saturated carbocycles. The average molecular weight is 362 g/mol. The first-order chi connectivity index (χ1) is 12.1. The van der Waals surface area contributed by atoms with Crippen LogP contribution in [0.5, 0.6) is 11.5 Å². The number of hydrogen-bond acceptors (Lipinski definition) is 7. The van der Waals surface area contributed by atoms with Gasteiger partial charge in [-0.3, -0.25) is 9.69 Å². The topological polar surface area (TPSA) is 73.0 Å². The first kappa shape index (κ1) is 16.1. The van der Waals surface area contributed by atoms with E-state index >= 15 is 0 Å². The fourth-order valence-electron chi connectivity index (χ4n) is 2.94. The number of carbonyl (C=O) groups is 1. The predicted octanol–water partition coefficient (Wildman–Crippen LogP) is 1.72. The molecule has 132 valence electrons. The van der Waals surface area contributed by atoms with E-state index < -0.39 is 0 Å². The van der Waals surface area contributed by atoms with Crippen LogP contribution in [0.1, 0.15) is 6.92 Å². The van der Waals surface area contributed by atoms with Crippen molar-refractivity contribution < 1.29 is 18.7 Å². The zero-order chi connectivity index (χ0) is 17.4. The normalized spacial score (nSPS) is 17.1. The van der Waals surface area contributed by atoms with Crippen LogP contribution in [-0.4, -0.2) is 58.5 Å². The molecule has 2 aliphatic heterocycles. The summed E-state index contributed by atoms with van der Waals surface area (Å²) in [6.07, 6.45) is 0. The molecule has 8 nitrogen and oxygen atoms in total. The first-order valence-corrected chi connectivity index (χ1v) is 8.47. The predicted molar refractivity (Wildman–Crippen MR) is 90.7 cm³/mol. The second kappa shape index (κ2) is 6.49. The third-order valence-corrected chi connectivity index (χ3v) is 4.67. The molecule has 9 heteroatoms. The summed E-state index contributed by atoms with van der Waals surface area (Å²) in [4.78, 5) is 15.8. The van der Waals surface area contributed by atoms with Crippen LogP contribution in [0.25, 0.3) is 11.5 Å². The quantitative estimate of drug-likeness (QED) is 0.770. The van der Waals surface area contributed by atoms with E-state index in [1.807, 2.05) is 23.1 Å². The summed E-state index contributed by atoms with van der Waals surface area (Å²) in [6, 6.07) is 5.53. The van der Waals surface area contributed by atoms with Gasteiger partial charge in [0, 0.05) is 38.7 Å². The number of benzene rings is 1. The number of aromatic nitrogens is 2. The molecule has 0 bridgehead atoms. The lowest BCUT2D eigenvalue weighted by molar-refractivity contribution is -0.130. The second-order valence-electron chi connectivity index (χ2n) is 6.01. The second-order valence-corrected chi connectivity index (χ2v) is 6.36. The fraction of sp³-hybridized carbons (Fsp3) is 0.438. The molecule has 2 aliphatic rings. The number of nitrogens with zero attached hydrogens (tertiary/aromatic N) is 4. The minimum absolute atomic E-state index is 0.114. The summed E-state index contributed by atoms with van der Waals surface area (Å²) in [5.74, 6) is 1.95. The summed E-state index contributed by atoms with van der Waals surface area (Å²) in [7, 11) is 0. The lowest BCUT2D eigenvalue weighted by Crippen LogP contribution is -2.48. The molecule has 1 fully saturated rings. The minimum atomic E-state index is 0.114. The summed E-state index contributed by atoms with van der Waals surface area (Å²) in [5.41, 5.74) is 0.787. The zero-order valence-corrected chi connectivity index (χ0v) is 14.6. The van der Waals surface area contributed by atoms with E-state index in [-0.39, 0.29) is 12.7 Å². The Morgan fingerprint density at radius 1 is 1.20 bits per heavy atom. The Labute approximate surface area is 149 Å². The Hall–Kier alpha value is -2.39. The molecule has 2 aromatic rings. The molecule has 3 heterocycles. The number of piperazine rings is 1. The highest BCUT2D eigenvalue weighted by Crippen LogP contribution is 2.35. The SMILES string of the molecule is CC(=O)N1CCN(Cn2nc(-c3ccc4c(c3)OCO4)oc2=S)CC1. The Morgan fingerprint density at radius 3 is 2.72 bits per heavy atom. The van der Waals surface area contributed by atoms with Gasteiger partial charge in [-0.05, 0) is 30.4 Å². The molecular formula is C16H18N4O4S. The number of ether oxygens (including phenoxy) is 2. The van der Waals surface area contributed by atoms with Gasteiger partial charge in [-0.1, -0.05) is 0 Å². The highest BCUT2D eigenvalue weighted by molar-refractivity contribution is 7.71. The van der Waals surface area contributed by atoms with Gasteiger partial charge in [0.15, 0.2) is 11.5 Å². The highest BCUT2D eigenvalue weighted by Gasteiger charge is 2.21. The van der Waals surface area contributed by atoms with Crippen LogP contribution < -0.4 is 9.47 Å². The van der Waals surface area contributed by atoms with Crippen molar-refractivity contribution in [2.24, 2.45) is 0 Å². The fourth-order valence-corrected chi connectivity index (χ4v) is 3.11. The maximum atomic E-state index is 11.4. The van der Waals surface area contributed by atoms with Crippen molar-refractivity contribution in [3.8, 4) is 23.0 Å². The first-order valence-electron chi connectivity index (χ1n) is 8.06. The van der Waals surface area contributed by atoms with Crippen LogP contribution in [0.15, 0.2) is 22.6 Å². The Balaban J connectivity index is 1.48. The summed E-state index contributed by atoms with van der Waals surface area (Å²) in [5, 5.41) is 4.48. The maximum Gasteiger partial charge on any atom is 0.288 e. The molecule has 1 aromatic heterocycles. The van der Waals surface area contributed by atoms with Gasteiger partial charge < -0.3 is 18.8 Å². The van der Waals surface area contributed by atoms with Gasteiger partial charge in [0.1, 0.15) is 0 Å². The molecule has 0 radical (unpaired) electrons. The van der Waals surface area contributed by atoms with Gasteiger partial charge in [0.2, 0.25) is 18.6 Å². The van der Waals surface area contributed by atoms with Gasteiger partial charge in [-0.25, -0.2) is 4.68 Å². The molecule has 0 aliphatic carbocycles. The Bertz CT molecular complexity index is 854. The van der Waals surface area contributed by atoms with E-state index in [1.165, 1.54) is 0 Å². The number of fused-ring (bicyclic) bond motifs is 1. The van der Waals surface area contributed by atoms with Crippen molar-refractivity contribution >= 4 is 18.1 Å². The van der Waals surface area contributed by atoms with Crippen LogP contribution in [-0.2, 0) is 11.5 Å². The van der Waals surface area contributed by atoms with Crippen LogP contribution >= 0.6 is 12.2 Å². The van der Waals surface area contributed by atoms with Gasteiger partial charge in [-0.15, -0.1) is 5.10 Å². The van der Waals surface area contributed by atoms with Crippen LogP contribution in [0.3, 0.4) is 0 Å². The van der Waals surface area contributed by atoms with Crippen LogP contribution in [0.2, 0.25) is 0 Å². The molecule has 0 unspecified atom stereocenters. The molecule has 1 aromatic carbocycles. The summed E-state index contributed by atoms with van der Waals surface area (Å²) < 4.78 is 18.0. The Morgan fingerprint density at radius 2 is 1.96 bits per heavy atom. The van der Waals surface area contributed by atoms with Gasteiger partial charge >= 0.3 is 0 Å². The lowest BCUT2D eigenvalue weighted by Gasteiger charge is -2.33. The van der Waals surface area contributed by atoms with E-state index in [9.17, 15) is 4.79 Å². The average Bonchev–Trinajstić information content (AvgIpc) is 3.21. The van der Waals surface area contributed by atoms with E-state index in [0.29, 0.717) is 28.9 Å². The van der Waals surface area contributed by atoms with E-state index in [0.717, 1.165) is 31.7 Å². The minimum Gasteiger partial charge on any atom is -0.454 e. The molecule has 1 saturated heterocycles. The molecule has 4 rings (SSSR count). The van der Waals surface area contributed by atoms with E-state index in [4.69, 9.17) is 26.1 Å². The molecule has 25 heavy (non-hydrogen) atoms. The monoisotopic (exact) mass is 362 g/mol. The zero-order valence-electron chi connectivity index (χ0n) is 13.8. The van der Waals surface area contributed by atoms with E-state index in [2.05, 4.69) is 10.00 Å². The largest absolute Gasteiger partial charge is 0.454 e. The summed E-state index contributed by atoms with van der Waals surface area (Å²) in [6.45, 7) is 5.37. The smallest absolute Gasteiger partial charge is 0.288 e. The number of rotatable bonds is 3. The summed E-state index contributed by atoms with van der Waals surface area (Å²) >= 11 is 5.29. The van der Waals surface area contributed by atoms with Crippen molar-refractivity contribution in [3.63, 3.8) is 0 Å². The third kappa shape index (κ3) is 3.24. The highest BCUT2D eigenvalue weighted by atomic mass is 32.1. The van der Waals surface area contributed by atoms with Crippen LogP contribution in [0.4, 0.5) is 0 Å². The van der Waals surface area contributed by atoms with E-state index in [1.54, 1.807) is 11.6 Å². The van der Waals surface area contributed by atoms with Crippen LogP contribution in [0, 0.1) is 4.84 Å².